The van der Waals surface area contributed by atoms with Crippen LogP contribution in [0, 0.1) is 0 Å². The summed E-state index contributed by atoms with van der Waals surface area (Å²) < 4.78 is 30.4. The summed E-state index contributed by atoms with van der Waals surface area (Å²) >= 11 is 0. The number of sulfone groups is 1. The van der Waals surface area contributed by atoms with Gasteiger partial charge in [0.1, 0.15) is 5.60 Å². The van der Waals surface area contributed by atoms with E-state index in [2.05, 4.69) is 4.98 Å². The highest BCUT2D eigenvalue weighted by atomic mass is 32.2. The Bertz CT molecular complexity index is 638. The van der Waals surface area contributed by atoms with E-state index in [-0.39, 0.29) is 16.8 Å². The SMILES string of the molecule is CC(C)(C)OC(=O)N1CCCC[C@@H]1CS(=O)(=O)c1ccccn1. The second-order valence-electron chi connectivity index (χ2n) is 6.77. The van der Waals surface area contributed by atoms with Gasteiger partial charge >= 0.3 is 6.09 Å². The fraction of sp³-hybridized carbons (Fsp3) is 0.625. The molecule has 23 heavy (non-hydrogen) atoms. The maximum atomic E-state index is 12.5. The first-order valence-corrected chi connectivity index (χ1v) is 9.48. The molecule has 6 nitrogen and oxygen atoms in total. The lowest BCUT2D eigenvalue weighted by molar-refractivity contribution is 0.0124. The molecule has 1 fully saturated rings. The van der Waals surface area contributed by atoms with Crippen LogP contribution in [-0.2, 0) is 14.6 Å². The van der Waals surface area contributed by atoms with E-state index in [1.807, 2.05) is 0 Å². The van der Waals surface area contributed by atoms with Crippen molar-refractivity contribution in [3.05, 3.63) is 24.4 Å². The van der Waals surface area contributed by atoms with Gasteiger partial charge < -0.3 is 9.64 Å². The second kappa shape index (κ2) is 6.86. The van der Waals surface area contributed by atoms with Crippen LogP contribution < -0.4 is 0 Å². The minimum absolute atomic E-state index is 0.0507. The maximum absolute atomic E-state index is 12.5. The van der Waals surface area contributed by atoms with Crippen molar-refractivity contribution in [2.45, 2.75) is 56.7 Å². The standard InChI is InChI=1S/C16H24N2O4S/c1-16(2,3)22-15(19)18-11-7-5-8-13(18)12-23(20,21)14-9-4-6-10-17-14/h4,6,9-10,13H,5,7-8,11-12H2,1-3H3/t13-/m1/s1. The Labute approximate surface area is 137 Å². The van der Waals surface area contributed by atoms with Crippen LogP contribution in [-0.4, -0.2) is 48.3 Å². The quantitative estimate of drug-likeness (QED) is 0.845. The summed E-state index contributed by atoms with van der Waals surface area (Å²) in [7, 11) is -3.53. The Morgan fingerprint density at radius 1 is 1.35 bits per heavy atom. The third-order valence-corrected chi connectivity index (χ3v) is 5.33. The van der Waals surface area contributed by atoms with E-state index in [0.717, 1.165) is 12.8 Å². The Hall–Kier alpha value is -1.63. The van der Waals surface area contributed by atoms with Crippen molar-refractivity contribution in [1.29, 1.82) is 0 Å². The fourth-order valence-corrected chi connectivity index (χ4v) is 4.14. The minimum Gasteiger partial charge on any atom is -0.444 e. The monoisotopic (exact) mass is 340 g/mol. The number of hydrogen-bond acceptors (Lipinski definition) is 5. The van der Waals surface area contributed by atoms with Crippen molar-refractivity contribution < 1.29 is 17.9 Å². The van der Waals surface area contributed by atoms with E-state index in [1.54, 1.807) is 37.8 Å². The molecule has 1 aliphatic rings. The smallest absolute Gasteiger partial charge is 0.410 e. The summed E-state index contributed by atoms with van der Waals surface area (Å²) in [5.74, 6) is -0.122. The van der Waals surface area contributed by atoms with Crippen molar-refractivity contribution in [3.63, 3.8) is 0 Å². The summed E-state index contributed by atoms with van der Waals surface area (Å²) in [4.78, 5) is 17.8. The van der Waals surface area contributed by atoms with E-state index in [9.17, 15) is 13.2 Å². The fourth-order valence-electron chi connectivity index (χ4n) is 2.60. The molecule has 0 aliphatic carbocycles. The molecule has 1 atom stereocenters. The van der Waals surface area contributed by atoms with Crippen molar-refractivity contribution >= 4 is 15.9 Å². The zero-order valence-corrected chi connectivity index (χ0v) is 14.7. The van der Waals surface area contributed by atoms with Crippen LogP contribution in [0.15, 0.2) is 29.4 Å². The van der Waals surface area contributed by atoms with Crippen LogP contribution in [0.2, 0.25) is 0 Å². The van der Waals surface area contributed by atoms with E-state index in [0.29, 0.717) is 13.0 Å². The number of carbonyl (C=O) groups excluding carboxylic acids is 1. The van der Waals surface area contributed by atoms with Gasteiger partial charge in [-0.25, -0.2) is 18.2 Å². The number of piperidine rings is 1. The Morgan fingerprint density at radius 2 is 2.09 bits per heavy atom. The average molecular weight is 340 g/mol. The second-order valence-corrected chi connectivity index (χ2v) is 8.75. The predicted octanol–water partition coefficient (Wildman–Crippen LogP) is 2.64. The van der Waals surface area contributed by atoms with Crippen LogP contribution in [0.1, 0.15) is 40.0 Å². The lowest BCUT2D eigenvalue weighted by Crippen LogP contribution is -2.48. The highest BCUT2D eigenvalue weighted by Gasteiger charge is 2.34. The molecule has 2 rings (SSSR count). The number of pyridine rings is 1. The van der Waals surface area contributed by atoms with Crippen molar-refractivity contribution in [1.82, 2.24) is 9.88 Å². The average Bonchev–Trinajstić information content (AvgIpc) is 2.46. The molecule has 0 spiro atoms. The number of nitrogens with zero attached hydrogens (tertiary/aromatic N) is 2. The topological polar surface area (TPSA) is 76.6 Å². The van der Waals surface area contributed by atoms with E-state index < -0.39 is 21.5 Å². The molecule has 1 amide bonds. The number of amides is 1. The molecule has 0 unspecified atom stereocenters. The van der Waals surface area contributed by atoms with Gasteiger partial charge in [-0.2, -0.15) is 0 Å². The van der Waals surface area contributed by atoms with Crippen molar-refractivity contribution in [2.75, 3.05) is 12.3 Å². The molecular weight excluding hydrogens is 316 g/mol. The molecule has 1 saturated heterocycles. The molecule has 128 valence electrons. The number of ether oxygens (including phenoxy) is 1. The summed E-state index contributed by atoms with van der Waals surface area (Å²) in [6.07, 6.45) is 3.43. The van der Waals surface area contributed by atoms with Crippen molar-refractivity contribution in [2.24, 2.45) is 0 Å². The van der Waals surface area contributed by atoms with Gasteiger partial charge in [0.15, 0.2) is 14.9 Å². The van der Waals surface area contributed by atoms with Gasteiger partial charge in [-0.05, 0) is 52.2 Å². The van der Waals surface area contributed by atoms with E-state index in [1.165, 1.54) is 12.3 Å². The Kier molecular flexibility index (Phi) is 5.29. The molecule has 0 aromatic carbocycles. The summed E-state index contributed by atoms with van der Waals surface area (Å²) in [5, 5.41) is 0.0507. The van der Waals surface area contributed by atoms with Gasteiger partial charge in [0.25, 0.3) is 0 Å². The highest BCUT2D eigenvalue weighted by molar-refractivity contribution is 7.91. The van der Waals surface area contributed by atoms with Crippen molar-refractivity contribution in [3.8, 4) is 0 Å². The Morgan fingerprint density at radius 3 is 2.70 bits per heavy atom. The third-order valence-electron chi connectivity index (χ3n) is 3.62. The number of aromatic nitrogens is 1. The normalized spacial score (nSPS) is 19.4. The zero-order chi connectivity index (χ0) is 17.1. The van der Waals surface area contributed by atoms with E-state index in [4.69, 9.17) is 4.74 Å². The third kappa shape index (κ3) is 4.92. The summed E-state index contributed by atoms with van der Waals surface area (Å²) in [6, 6.07) is 4.43. The highest BCUT2D eigenvalue weighted by Crippen LogP contribution is 2.23. The molecule has 0 bridgehead atoms. The van der Waals surface area contributed by atoms with Gasteiger partial charge in [-0.15, -0.1) is 0 Å². The molecular formula is C16H24N2O4S. The van der Waals surface area contributed by atoms with Crippen LogP contribution in [0.3, 0.4) is 0 Å². The molecule has 0 saturated carbocycles. The largest absolute Gasteiger partial charge is 0.444 e. The van der Waals surface area contributed by atoms with E-state index >= 15 is 0 Å². The summed E-state index contributed by atoms with van der Waals surface area (Å²) in [5.41, 5.74) is -0.598. The number of rotatable bonds is 3. The van der Waals surface area contributed by atoms with Crippen LogP contribution in [0.25, 0.3) is 0 Å². The lowest BCUT2D eigenvalue weighted by atomic mass is 10.0. The van der Waals surface area contributed by atoms with Crippen LogP contribution in [0.4, 0.5) is 4.79 Å². The van der Waals surface area contributed by atoms with Crippen LogP contribution >= 0.6 is 0 Å². The van der Waals surface area contributed by atoms with Gasteiger partial charge in [0.05, 0.1) is 5.75 Å². The van der Waals surface area contributed by atoms with Gasteiger partial charge in [-0.1, -0.05) is 6.07 Å². The first kappa shape index (κ1) is 17.7. The predicted molar refractivity (Wildman–Crippen MR) is 86.9 cm³/mol. The number of carbonyl (C=O) groups is 1. The van der Waals surface area contributed by atoms with Gasteiger partial charge in [-0.3, -0.25) is 0 Å². The molecule has 0 N–H and O–H groups in total. The molecule has 1 aromatic rings. The Balaban J connectivity index is 2.14. The minimum atomic E-state index is -3.53. The number of hydrogen-bond donors (Lipinski definition) is 0. The molecule has 1 aliphatic heterocycles. The maximum Gasteiger partial charge on any atom is 0.410 e. The van der Waals surface area contributed by atoms with Gasteiger partial charge in [0, 0.05) is 18.8 Å². The van der Waals surface area contributed by atoms with Gasteiger partial charge in [0.2, 0.25) is 0 Å². The lowest BCUT2D eigenvalue weighted by Gasteiger charge is -2.36. The molecule has 1 aromatic heterocycles. The molecule has 2 heterocycles. The first-order valence-electron chi connectivity index (χ1n) is 7.82. The zero-order valence-electron chi connectivity index (χ0n) is 13.9. The first-order chi connectivity index (χ1) is 10.7. The summed E-state index contributed by atoms with van der Waals surface area (Å²) in [6.45, 7) is 5.93. The number of likely N-dealkylation sites (tertiary alicyclic amines) is 1. The molecule has 0 radical (unpaired) electrons. The molecule has 7 heteroatoms. The van der Waals surface area contributed by atoms with Crippen LogP contribution in [0.5, 0.6) is 0 Å².